The Morgan fingerprint density at radius 3 is 2.42 bits per heavy atom. The minimum atomic E-state index is -0.327. The van der Waals surface area contributed by atoms with E-state index in [4.69, 9.17) is 5.26 Å². The highest BCUT2D eigenvalue weighted by Crippen LogP contribution is 2.28. The van der Waals surface area contributed by atoms with Gasteiger partial charge in [0.25, 0.3) is 0 Å². The summed E-state index contributed by atoms with van der Waals surface area (Å²) in [6.07, 6.45) is 1.69. The summed E-state index contributed by atoms with van der Waals surface area (Å²) in [5.74, 6) is 1.03. The van der Waals surface area contributed by atoms with Crippen LogP contribution in [0.5, 0.6) is 0 Å². The SMILES string of the molecule is N#Cc1ccc(CSCC(=O)Nc2c(-c3ccc(F)cc3)ncn2Cc2ccccc2)cc1. The highest BCUT2D eigenvalue weighted by Gasteiger charge is 2.16. The Kier molecular flexibility index (Phi) is 7.18. The smallest absolute Gasteiger partial charge is 0.235 e. The first-order chi connectivity index (χ1) is 16.1. The Morgan fingerprint density at radius 1 is 1.00 bits per heavy atom. The fraction of sp³-hybridized carbons (Fsp3) is 0.115. The second kappa shape index (κ2) is 10.6. The summed E-state index contributed by atoms with van der Waals surface area (Å²) in [6.45, 7) is 0.545. The van der Waals surface area contributed by atoms with Crippen LogP contribution in [0.1, 0.15) is 16.7 Å². The number of nitriles is 1. The van der Waals surface area contributed by atoms with Crippen molar-refractivity contribution < 1.29 is 9.18 Å². The lowest BCUT2D eigenvalue weighted by atomic mass is 10.1. The van der Waals surface area contributed by atoms with E-state index >= 15 is 0 Å². The summed E-state index contributed by atoms with van der Waals surface area (Å²) in [5, 5.41) is 11.9. The van der Waals surface area contributed by atoms with Crippen LogP contribution in [-0.2, 0) is 17.1 Å². The van der Waals surface area contributed by atoms with E-state index in [1.807, 2.05) is 47.0 Å². The predicted molar refractivity (Wildman–Crippen MR) is 129 cm³/mol. The quantitative estimate of drug-likeness (QED) is 0.381. The van der Waals surface area contributed by atoms with Gasteiger partial charge in [0.1, 0.15) is 17.3 Å². The van der Waals surface area contributed by atoms with Crippen molar-refractivity contribution >= 4 is 23.5 Å². The molecule has 0 aliphatic carbocycles. The van der Waals surface area contributed by atoms with E-state index in [1.54, 1.807) is 30.6 Å². The van der Waals surface area contributed by atoms with E-state index in [-0.39, 0.29) is 17.5 Å². The summed E-state index contributed by atoms with van der Waals surface area (Å²) in [7, 11) is 0. The number of anilines is 1. The van der Waals surface area contributed by atoms with Crippen LogP contribution in [0, 0.1) is 17.1 Å². The lowest BCUT2D eigenvalue weighted by Crippen LogP contribution is -2.18. The molecule has 0 saturated heterocycles. The number of thioether (sulfide) groups is 1. The molecule has 5 nitrogen and oxygen atoms in total. The van der Waals surface area contributed by atoms with E-state index < -0.39 is 0 Å². The molecule has 0 aliphatic rings. The molecule has 4 aromatic rings. The average molecular weight is 457 g/mol. The Hall–Kier alpha value is -3.89. The van der Waals surface area contributed by atoms with Crippen molar-refractivity contribution in [3.63, 3.8) is 0 Å². The molecule has 0 unspecified atom stereocenters. The second-order valence-corrected chi connectivity index (χ2v) is 8.40. The molecule has 7 heteroatoms. The van der Waals surface area contributed by atoms with Gasteiger partial charge in [0, 0.05) is 11.3 Å². The number of carbonyl (C=O) groups excluding carboxylic acids is 1. The number of nitrogens with one attached hydrogen (secondary N) is 1. The first-order valence-electron chi connectivity index (χ1n) is 10.3. The number of nitrogens with zero attached hydrogens (tertiary/aromatic N) is 3. The van der Waals surface area contributed by atoms with E-state index in [0.717, 1.165) is 16.7 Å². The minimum absolute atomic E-state index is 0.146. The molecular formula is C26H21FN4OS. The molecule has 1 aromatic heterocycles. The Balaban J connectivity index is 1.48. The summed E-state index contributed by atoms with van der Waals surface area (Å²) in [4.78, 5) is 17.3. The molecule has 0 aliphatic heterocycles. The summed E-state index contributed by atoms with van der Waals surface area (Å²) in [6, 6.07) is 25.4. The highest BCUT2D eigenvalue weighted by molar-refractivity contribution is 7.99. The van der Waals surface area contributed by atoms with E-state index in [9.17, 15) is 9.18 Å². The largest absolute Gasteiger partial charge is 0.312 e. The number of imidazole rings is 1. The van der Waals surface area contributed by atoms with Crippen molar-refractivity contribution in [2.75, 3.05) is 11.1 Å². The normalized spacial score (nSPS) is 10.5. The minimum Gasteiger partial charge on any atom is -0.312 e. The topological polar surface area (TPSA) is 70.7 Å². The zero-order chi connectivity index (χ0) is 23.0. The van der Waals surface area contributed by atoms with Gasteiger partial charge in [-0.15, -0.1) is 11.8 Å². The number of rotatable bonds is 8. The summed E-state index contributed by atoms with van der Waals surface area (Å²) < 4.78 is 15.3. The van der Waals surface area contributed by atoms with Crippen molar-refractivity contribution in [1.82, 2.24) is 9.55 Å². The van der Waals surface area contributed by atoms with Crippen molar-refractivity contribution in [3.8, 4) is 17.3 Å². The van der Waals surface area contributed by atoms with Crippen LogP contribution >= 0.6 is 11.8 Å². The Morgan fingerprint density at radius 2 is 1.73 bits per heavy atom. The van der Waals surface area contributed by atoms with E-state index in [1.165, 1.54) is 23.9 Å². The summed E-state index contributed by atoms with van der Waals surface area (Å²) >= 11 is 1.49. The molecule has 164 valence electrons. The van der Waals surface area contributed by atoms with Gasteiger partial charge in [-0.25, -0.2) is 9.37 Å². The van der Waals surface area contributed by atoms with Gasteiger partial charge in [-0.1, -0.05) is 42.5 Å². The zero-order valence-corrected chi connectivity index (χ0v) is 18.6. The van der Waals surface area contributed by atoms with Gasteiger partial charge in [-0.05, 0) is 47.5 Å². The molecule has 33 heavy (non-hydrogen) atoms. The third-order valence-electron chi connectivity index (χ3n) is 4.99. The molecule has 0 spiro atoms. The zero-order valence-electron chi connectivity index (χ0n) is 17.7. The second-order valence-electron chi connectivity index (χ2n) is 7.41. The molecule has 1 heterocycles. The molecule has 1 amide bonds. The summed E-state index contributed by atoms with van der Waals surface area (Å²) in [5.41, 5.74) is 4.06. The van der Waals surface area contributed by atoms with E-state index in [2.05, 4.69) is 16.4 Å². The molecule has 0 atom stereocenters. The number of benzene rings is 3. The van der Waals surface area contributed by atoms with Crippen LogP contribution in [-0.4, -0.2) is 21.2 Å². The van der Waals surface area contributed by atoms with E-state index in [0.29, 0.717) is 29.4 Å². The molecule has 0 bridgehead atoms. The Bertz CT molecular complexity index is 1260. The molecule has 4 rings (SSSR count). The number of hydrogen-bond acceptors (Lipinski definition) is 4. The van der Waals surface area contributed by atoms with Crippen molar-refractivity contribution in [1.29, 1.82) is 5.26 Å². The first kappa shape index (κ1) is 22.3. The fourth-order valence-corrected chi connectivity index (χ4v) is 4.13. The number of halogens is 1. The van der Waals surface area contributed by atoms with Gasteiger partial charge in [-0.2, -0.15) is 5.26 Å². The third kappa shape index (κ3) is 5.88. The monoisotopic (exact) mass is 456 g/mol. The van der Waals surface area contributed by atoms with Crippen LogP contribution in [0.4, 0.5) is 10.2 Å². The first-order valence-corrected chi connectivity index (χ1v) is 11.5. The Labute approximate surface area is 195 Å². The van der Waals surface area contributed by atoms with Gasteiger partial charge in [0.05, 0.1) is 30.3 Å². The fourth-order valence-electron chi connectivity index (χ4n) is 3.34. The number of carbonyl (C=O) groups is 1. The van der Waals surface area contributed by atoms with Gasteiger partial charge in [0.2, 0.25) is 5.91 Å². The van der Waals surface area contributed by atoms with Crippen molar-refractivity contribution in [3.05, 3.63) is 108 Å². The molecular weight excluding hydrogens is 435 g/mol. The molecule has 0 fully saturated rings. The van der Waals surface area contributed by atoms with Gasteiger partial charge in [-0.3, -0.25) is 4.79 Å². The van der Waals surface area contributed by atoms with Crippen LogP contribution in [0.25, 0.3) is 11.3 Å². The standard InChI is InChI=1S/C26H21FN4OS/c27-23-12-10-22(11-13-23)25-26(31(18-29-25)15-20-4-2-1-3-5-20)30-24(32)17-33-16-21-8-6-19(14-28)7-9-21/h1-13,18H,15-17H2,(H,30,32). The number of aromatic nitrogens is 2. The lowest BCUT2D eigenvalue weighted by Gasteiger charge is -2.12. The molecule has 0 radical (unpaired) electrons. The third-order valence-corrected chi connectivity index (χ3v) is 6.00. The van der Waals surface area contributed by atoms with Gasteiger partial charge >= 0.3 is 0 Å². The molecule has 1 N–H and O–H groups in total. The maximum atomic E-state index is 13.4. The maximum absolute atomic E-state index is 13.4. The van der Waals surface area contributed by atoms with Crippen molar-refractivity contribution in [2.24, 2.45) is 0 Å². The number of hydrogen-bond donors (Lipinski definition) is 1. The highest BCUT2D eigenvalue weighted by atomic mass is 32.2. The van der Waals surface area contributed by atoms with Crippen LogP contribution in [0.2, 0.25) is 0 Å². The maximum Gasteiger partial charge on any atom is 0.235 e. The van der Waals surface area contributed by atoms with Gasteiger partial charge in [0.15, 0.2) is 0 Å². The number of amides is 1. The van der Waals surface area contributed by atoms with Crippen LogP contribution in [0.15, 0.2) is 85.2 Å². The van der Waals surface area contributed by atoms with Crippen LogP contribution < -0.4 is 5.32 Å². The molecule has 3 aromatic carbocycles. The van der Waals surface area contributed by atoms with Crippen LogP contribution in [0.3, 0.4) is 0 Å². The predicted octanol–water partition coefficient (Wildman–Crippen LogP) is 5.48. The molecule has 0 saturated carbocycles. The average Bonchev–Trinajstić information content (AvgIpc) is 3.22. The van der Waals surface area contributed by atoms with Gasteiger partial charge < -0.3 is 9.88 Å². The van der Waals surface area contributed by atoms with Crippen molar-refractivity contribution in [2.45, 2.75) is 12.3 Å². The lowest BCUT2D eigenvalue weighted by molar-refractivity contribution is -0.113.